The lowest BCUT2D eigenvalue weighted by Gasteiger charge is -2.37. The summed E-state index contributed by atoms with van der Waals surface area (Å²) < 4.78 is 26.6. The van der Waals surface area contributed by atoms with Gasteiger partial charge in [-0.05, 0) is 55.1 Å². The Hall–Kier alpha value is -1.12. The first kappa shape index (κ1) is 15.3. The van der Waals surface area contributed by atoms with Crippen molar-refractivity contribution < 1.29 is 8.78 Å². The number of hydrogen-bond acceptors (Lipinski definition) is 1. The molecular weight excluding hydrogens is 256 g/mol. The van der Waals surface area contributed by atoms with Crippen LogP contribution in [-0.2, 0) is 0 Å². The monoisotopic (exact) mass is 281 g/mol. The molecule has 112 valence electrons. The van der Waals surface area contributed by atoms with Crippen molar-refractivity contribution in [1.82, 2.24) is 0 Å². The molecule has 0 heterocycles. The van der Waals surface area contributed by atoms with Gasteiger partial charge in [-0.15, -0.1) is 0 Å². The van der Waals surface area contributed by atoms with Crippen molar-refractivity contribution in [3.8, 4) is 0 Å². The highest BCUT2D eigenvalue weighted by molar-refractivity contribution is 5.44. The summed E-state index contributed by atoms with van der Waals surface area (Å²) in [5, 5.41) is 3.06. The topological polar surface area (TPSA) is 12.0 Å². The third kappa shape index (κ3) is 3.71. The molecular formula is C17H25F2N. The highest BCUT2D eigenvalue weighted by atomic mass is 19.2. The molecule has 0 unspecified atom stereocenters. The maximum Gasteiger partial charge on any atom is 0.181 e. The molecule has 20 heavy (non-hydrogen) atoms. The molecule has 1 aliphatic rings. The largest absolute Gasteiger partial charge is 0.382 e. The maximum absolute atomic E-state index is 13.5. The number of halogens is 2. The van der Waals surface area contributed by atoms with Gasteiger partial charge < -0.3 is 5.32 Å². The fourth-order valence-electron chi connectivity index (χ4n) is 3.13. The molecule has 2 rings (SSSR count). The van der Waals surface area contributed by atoms with Gasteiger partial charge in [-0.1, -0.05) is 26.8 Å². The van der Waals surface area contributed by atoms with E-state index in [2.05, 4.69) is 26.1 Å². The summed E-state index contributed by atoms with van der Waals surface area (Å²) in [4.78, 5) is 0. The Bertz CT molecular complexity index is 443. The van der Waals surface area contributed by atoms with Crippen LogP contribution >= 0.6 is 0 Å². The lowest BCUT2D eigenvalue weighted by Crippen LogP contribution is -2.28. The van der Waals surface area contributed by atoms with Gasteiger partial charge in [0.1, 0.15) is 0 Å². The van der Waals surface area contributed by atoms with E-state index in [0.717, 1.165) is 18.5 Å². The van der Waals surface area contributed by atoms with Crippen LogP contribution in [0.5, 0.6) is 0 Å². The molecule has 0 saturated heterocycles. The van der Waals surface area contributed by atoms with Gasteiger partial charge in [0.25, 0.3) is 0 Å². The molecule has 0 atom stereocenters. The van der Waals surface area contributed by atoms with Gasteiger partial charge in [0.15, 0.2) is 11.6 Å². The highest BCUT2D eigenvalue weighted by Crippen LogP contribution is 2.39. The quantitative estimate of drug-likeness (QED) is 0.800. The lowest BCUT2D eigenvalue weighted by molar-refractivity contribution is 0.153. The van der Waals surface area contributed by atoms with Crippen LogP contribution in [0.2, 0.25) is 0 Å². The Morgan fingerprint density at radius 3 is 2.35 bits per heavy atom. The first-order valence-corrected chi connectivity index (χ1v) is 7.56. The second-order valence-electron chi connectivity index (χ2n) is 7.07. The zero-order valence-corrected chi connectivity index (χ0v) is 12.7. The second-order valence-corrected chi connectivity index (χ2v) is 7.07. The fraction of sp³-hybridized carbons (Fsp3) is 0.647. The van der Waals surface area contributed by atoms with Crippen LogP contribution in [0, 0.1) is 28.9 Å². The Labute approximate surface area is 120 Å². The first-order valence-electron chi connectivity index (χ1n) is 7.56. The Morgan fingerprint density at radius 1 is 1.10 bits per heavy atom. The molecule has 0 amide bonds. The van der Waals surface area contributed by atoms with Crippen molar-refractivity contribution in [2.75, 3.05) is 11.9 Å². The summed E-state index contributed by atoms with van der Waals surface area (Å²) in [6.07, 6.45) is 4.82. The Balaban J connectivity index is 1.83. The molecule has 1 N–H and O–H groups in total. The van der Waals surface area contributed by atoms with Crippen LogP contribution < -0.4 is 5.32 Å². The van der Waals surface area contributed by atoms with Gasteiger partial charge in [-0.3, -0.25) is 0 Å². The molecule has 3 heteroatoms. The van der Waals surface area contributed by atoms with Crippen molar-refractivity contribution in [3.63, 3.8) is 0 Å². The van der Waals surface area contributed by atoms with Crippen LogP contribution in [-0.4, -0.2) is 6.54 Å². The van der Waals surface area contributed by atoms with Crippen molar-refractivity contribution in [2.45, 2.75) is 46.5 Å². The Kier molecular flexibility index (Phi) is 4.66. The van der Waals surface area contributed by atoms with E-state index in [1.807, 2.05) is 0 Å². The van der Waals surface area contributed by atoms with Crippen molar-refractivity contribution in [1.29, 1.82) is 0 Å². The molecule has 1 aromatic carbocycles. The molecule has 0 bridgehead atoms. The molecule has 0 aliphatic heterocycles. The van der Waals surface area contributed by atoms with E-state index in [4.69, 9.17) is 0 Å². The van der Waals surface area contributed by atoms with Crippen molar-refractivity contribution in [2.24, 2.45) is 17.3 Å². The summed E-state index contributed by atoms with van der Waals surface area (Å²) in [6, 6.07) is 4.28. The molecule has 1 fully saturated rings. The van der Waals surface area contributed by atoms with E-state index in [-0.39, 0.29) is 5.69 Å². The number of benzene rings is 1. The van der Waals surface area contributed by atoms with Gasteiger partial charge in [-0.2, -0.15) is 0 Å². The highest BCUT2D eigenvalue weighted by Gasteiger charge is 2.29. The smallest absolute Gasteiger partial charge is 0.181 e. The number of anilines is 1. The number of hydrogen-bond donors (Lipinski definition) is 1. The summed E-state index contributed by atoms with van der Waals surface area (Å²) in [5.74, 6) is -0.205. The minimum Gasteiger partial charge on any atom is -0.382 e. The molecule has 1 aromatic rings. The second kappa shape index (κ2) is 6.11. The van der Waals surface area contributed by atoms with E-state index in [9.17, 15) is 8.78 Å². The van der Waals surface area contributed by atoms with Crippen LogP contribution in [0.25, 0.3) is 0 Å². The van der Waals surface area contributed by atoms with Crippen molar-refractivity contribution in [3.05, 3.63) is 29.8 Å². The standard InChI is InChI=1S/C17H25F2N/c1-17(2,3)13-9-7-12(8-10-13)11-20-15-6-4-5-14(18)16(15)19/h4-6,12-13,20H,7-11H2,1-3H3. The first-order chi connectivity index (χ1) is 9.38. The van der Waals surface area contributed by atoms with E-state index >= 15 is 0 Å². The van der Waals surface area contributed by atoms with E-state index in [1.54, 1.807) is 6.07 Å². The third-order valence-corrected chi connectivity index (χ3v) is 4.60. The molecule has 1 nitrogen and oxygen atoms in total. The average molecular weight is 281 g/mol. The van der Waals surface area contributed by atoms with E-state index in [0.29, 0.717) is 11.3 Å². The van der Waals surface area contributed by atoms with E-state index in [1.165, 1.54) is 31.7 Å². The minimum absolute atomic E-state index is 0.281. The van der Waals surface area contributed by atoms with Crippen LogP contribution in [0.1, 0.15) is 46.5 Å². The van der Waals surface area contributed by atoms with Crippen LogP contribution in [0.4, 0.5) is 14.5 Å². The number of nitrogens with one attached hydrogen (secondary N) is 1. The minimum atomic E-state index is -0.786. The molecule has 0 aromatic heterocycles. The average Bonchev–Trinajstić information content (AvgIpc) is 2.40. The SMILES string of the molecule is CC(C)(C)C1CCC(CNc2cccc(F)c2F)CC1. The molecule has 1 aliphatic carbocycles. The molecule has 0 spiro atoms. The predicted molar refractivity (Wildman–Crippen MR) is 79.8 cm³/mol. The maximum atomic E-state index is 13.5. The number of rotatable bonds is 3. The fourth-order valence-corrected chi connectivity index (χ4v) is 3.13. The molecule has 1 saturated carbocycles. The zero-order valence-electron chi connectivity index (χ0n) is 12.7. The Morgan fingerprint density at radius 2 is 1.75 bits per heavy atom. The lowest BCUT2D eigenvalue weighted by atomic mass is 9.70. The van der Waals surface area contributed by atoms with Gasteiger partial charge in [0, 0.05) is 6.54 Å². The van der Waals surface area contributed by atoms with Gasteiger partial charge in [0.2, 0.25) is 0 Å². The van der Waals surface area contributed by atoms with Crippen molar-refractivity contribution >= 4 is 5.69 Å². The molecule has 0 radical (unpaired) electrons. The summed E-state index contributed by atoms with van der Waals surface area (Å²) in [6.45, 7) is 7.65. The summed E-state index contributed by atoms with van der Waals surface area (Å²) >= 11 is 0. The third-order valence-electron chi connectivity index (χ3n) is 4.60. The predicted octanol–water partition coefficient (Wildman–Crippen LogP) is 5.23. The van der Waals surface area contributed by atoms with Gasteiger partial charge in [-0.25, -0.2) is 8.78 Å². The summed E-state index contributed by atoms with van der Waals surface area (Å²) in [5.41, 5.74) is 0.663. The van der Waals surface area contributed by atoms with Gasteiger partial charge >= 0.3 is 0 Å². The zero-order chi connectivity index (χ0) is 14.8. The summed E-state index contributed by atoms with van der Waals surface area (Å²) in [7, 11) is 0. The van der Waals surface area contributed by atoms with Crippen LogP contribution in [0.15, 0.2) is 18.2 Å². The normalized spacial score (nSPS) is 23.6. The van der Waals surface area contributed by atoms with Crippen LogP contribution in [0.3, 0.4) is 0 Å². The van der Waals surface area contributed by atoms with Gasteiger partial charge in [0.05, 0.1) is 5.69 Å². The van der Waals surface area contributed by atoms with E-state index < -0.39 is 11.6 Å².